The van der Waals surface area contributed by atoms with E-state index < -0.39 is 0 Å². The molecule has 0 radical (unpaired) electrons. The van der Waals surface area contributed by atoms with Gasteiger partial charge in [-0.1, -0.05) is 78.9 Å². The van der Waals surface area contributed by atoms with Crippen LogP contribution in [0, 0.1) is 0 Å². The first-order valence-corrected chi connectivity index (χ1v) is 9.66. The minimum absolute atomic E-state index is 0.435. The maximum atomic E-state index is 3.41. The van der Waals surface area contributed by atoms with Crippen molar-refractivity contribution in [2.45, 2.75) is 32.5 Å². The quantitative estimate of drug-likeness (QED) is 0.444. The van der Waals surface area contributed by atoms with E-state index in [9.17, 15) is 0 Å². The van der Waals surface area contributed by atoms with Gasteiger partial charge in [0.1, 0.15) is 0 Å². The zero-order chi connectivity index (χ0) is 18.5. The average Bonchev–Trinajstić information content (AvgIpc) is 3.12. The van der Waals surface area contributed by atoms with Crippen molar-refractivity contribution in [1.29, 1.82) is 0 Å². The maximum Gasteiger partial charge on any atom is 0.0456 e. The highest BCUT2D eigenvalue weighted by Gasteiger charge is 2.17. The Kier molecular flexibility index (Phi) is 5.36. The van der Waals surface area contributed by atoms with Gasteiger partial charge in [0.15, 0.2) is 0 Å². The Labute approximate surface area is 161 Å². The van der Waals surface area contributed by atoms with E-state index in [1.54, 1.807) is 0 Å². The highest BCUT2D eigenvalue weighted by atomic mass is 15.1. The van der Waals surface area contributed by atoms with Gasteiger partial charge in [0.25, 0.3) is 0 Å². The van der Waals surface area contributed by atoms with Gasteiger partial charge in [-0.3, -0.25) is 4.90 Å². The van der Waals surface area contributed by atoms with Crippen LogP contribution in [0.3, 0.4) is 0 Å². The first-order valence-electron chi connectivity index (χ1n) is 9.66. The van der Waals surface area contributed by atoms with E-state index in [0.29, 0.717) is 6.04 Å². The summed E-state index contributed by atoms with van der Waals surface area (Å²) in [5.74, 6) is 0. The zero-order valence-electron chi connectivity index (χ0n) is 15.8. The zero-order valence-corrected chi connectivity index (χ0v) is 15.8. The van der Waals surface area contributed by atoms with Gasteiger partial charge in [-0.25, -0.2) is 0 Å². The van der Waals surface area contributed by atoms with Crippen molar-refractivity contribution in [1.82, 2.24) is 9.88 Å². The Hall–Kier alpha value is -2.84. The normalized spacial score (nSPS) is 12.5. The van der Waals surface area contributed by atoms with Crippen molar-refractivity contribution in [3.8, 4) is 0 Å². The molecule has 4 rings (SSSR count). The molecule has 1 N–H and O–H groups in total. The number of para-hydroxylation sites is 1. The topological polar surface area (TPSA) is 19.0 Å². The first kappa shape index (κ1) is 17.6. The number of fused-ring (bicyclic) bond motifs is 1. The Morgan fingerprint density at radius 3 is 1.93 bits per heavy atom. The molecule has 3 aromatic carbocycles. The Balaban J connectivity index is 1.56. The Morgan fingerprint density at radius 2 is 1.30 bits per heavy atom. The van der Waals surface area contributed by atoms with E-state index in [4.69, 9.17) is 0 Å². The standard InChI is InChI=1S/C25H26N2/c1-20(16-23-17-26-25-15-9-8-14-24(23)25)27(18-21-10-4-2-5-11-21)19-22-12-6-3-7-13-22/h2-15,17,20,26H,16,18-19H2,1H3/t20-/m1/s1. The molecule has 0 aliphatic rings. The number of nitrogens with one attached hydrogen (secondary N) is 1. The minimum Gasteiger partial charge on any atom is -0.361 e. The molecule has 1 aromatic heterocycles. The lowest BCUT2D eigenvalue weighted by atomic mass is 10.0. The molecule has 0 saturated heterocycles. The third-order valence-electron chi connectivity index (χ3n) is 5.27. The second-order valence-electron chi connectivity index (χ2n) is 7.29. The number of nitrogens with zero attached hydrogens (tertiary/aromatic N) is 1. The van der Waals surface area contributed by atoms with Crippen LogP contribution < -0.4 is 0 Å². The molecule has 0 aliphatic heterocycles. The third-order valence-corrected chi connectivity index (χ3v) is 5.27. The van der Waals surface area contributed by atoms with E-state index in [2.05, 4.69) is 108 Å². The van der Waals surface area contributed by atoms with Crippen LogP contribution >= 0.6 is 0 Å². The number of hydrogen-bond acceptors (Lipinski definition) is 1. The molecule has 0 bridgehead atoms. The fourth-order valence-corrected chi connectivity index (χ4v) is 3.75. The van der Waals surface area contributed by atoms with Gasteiger partial charge in [-0.15, -0.1) is 0 Å². The Bertz CT molecular complexity index is 931. The summed E-state index contributed by atoms with van der Waals surface area (Å²) in [6.45, 7) is 4.26. The third kappa shape index (κ3) is 4.29. The molecule has 0 fully saturated rings. The molecule has 0 spiro atoms. The molecular formula is C25H26N2. The maximum absolute atomic E-state index is 3.41. The summed E-state index contributed by atoms with van der Waals surface area (Å²) in [6.07, 6.45) is 3.20. The van der Waals surface area contributed by atoms with Gasteiger partial charge in [-0.2, -0.15) is 0 Å². The SMILES string of the molecule is C[C@H](Cc1c[nH]c2ccccc12)N(Cc1ccccc1)Cc1ccccc1. The van der Waals surface area contributed by atoms with E-state index in [1.807, 2.05) is 0 Å². The van der Waals surface area contributed by atoms with Crippen LogP contribution in [-0.2, 0) is 19.5 Å². The molecule has 1 atom stereocenters. The summed E-state index contributed by atoms with van der Waals surface area (Å²) in [7, 11) is 0. The molecule has 0 aliphatic carbocycles. The molecule has 0 saturated carbocycles. The lowest BCUT2D eigenvalue weighted by molar-refractivity contribution is 0.189. The molecule has 136 valence electrons. The number of rotatable bonds is 7. The molecular weight excluding hydrogens is 328 g/mol. The number of hydrogen-bond donors (Lipinski definition) is 1. The van der Waals surface area contributed by atoms with Crippen LogP contribution in [0.15, 0.2) is 91.1 Å². The summed E-state index contributed by atoms with van der Waals surface area (Å²) in [5.41, 5.74) is 5.33. The van der Waals surface area contributed by atoms with Gasteiger partial charge < -0.3 is 4.98 Å². The summed E-state index contributed by atoms with van der Waals surface area (Å²) in [4.78, 5) is 5.99. The van der Waals surface area contributed by atoms with Crippen LogP contribution in [0.25, 0.3) is 10.9 Å². The monoisotopic (exact) mass is 354 g/mol. The van der Waals surface area contributed by atoms with Crippen LogP contribution in [0.2, 0.25) is 0 Å². The van der Waals surface area contributed by atoms with Crippen LogP contribution in [-0.4, -0.2) is 15.9 Å². The molecule has 4 aromatic rings. The second kappa shape index (κ2) is 8.24. The number of H-pyrrole nitrogens is 1. The average molecular weight is 354 g/mol. The highest BCUT2D eigenvalue weighted by Crippen LogP contribution is 2.22. The summed E-state index contributed by atoms with van der Waals surface area (Å²) >= 11 is 0. The highest BCUT2D eigenvalue weighted by molar-refractivity contribution is 5.83. The van der Waals surface area contributed by atoms with Crippen molar-refractivity contribution in [3.63, 3.8) is 0 Å². The van der Waals surface area contributed by atoms with Crippen LogP contribution in [0.5, 0.6) is 0 Å². The molecule has 0 amide bonds. The molecule has 2 nitrogen and oxygen atoms in total. The molecule has 0 unspecified atom stereocenters. The van der Waals surface area contributed by atoms with E-state index in [1.165, 1.54) is 27.6 Å². The van der Waals surface area contributed by atoms with Gasteiger partial charge in [-0.05, 0) is 36.1 Å². The fraction of sp³-hybridized carbons (Fsp3) is 0.200. The van der Waals surface area contributed by atoms with E-state index in [-0.39, 0.29) is 0 Å². The van der Waals surface area contributed by atoms with Crippen molar-refractivity contribution < 1.29 is 0 Å². The van der Waals surface area contributed by atoms with Crippen molar-refractivity contribution in [3.05, 3.63) is 108 Å². The lowest BCUT2D eigenvalue weighted by Crippen LogP contribution is -2.33. The van der Waals surface area contributed by atoms with Crippen molar-refractivity contribution in [2.24, 2.45) is 0 Å². The number of aromatic nitrogens is 1. The van der Waals surface area contributed by atoms with Crippen molar-refractivity contribution in [2.75, 3.05) is 0 Å². The summed E-state index contributed by atoms with van der Waals surface area (Å²) in [5, 5.41) is 1.34. The second-order valence-corrected chi connectivity index (χ2v) is 7.29. The smallest absolute Gasteiger partial charge is 0.0456 e. The summed E-state index contributed by atoms with van der Waals surface area (Å²) in [6, 6.07) is 30.5. The predicted octanol–water partition coefficient (Wildman–Crippen LogP) is 5.80. The number of benzene rings is 3. The molecule has 27 heavy (non-hydrogen) atoms. The molecule has 2 heteroatoms. The summed E-state index contributed by atoms with van der Waals surface area (Å²) < 4.78 is 0. The predicted molar refractivity (Wildman–Crippen MR) is 114 cm³/mol. The fourth-order valence-electron chi connectivity index (χ4n) is 3.75. The van der Waals surface area contributed by atoms with E-state index in [0.717, 1.165) is 19.5 Å². The number of aromatic amines is 1. The van der Waals surface area contributed by atoms with Gasteiger partial charge in [0, 0.05) is 36.2 Å². The van der Waals surface area contributed by atoms with Gasteiger partial charge in [0.05, 0.1) is 0 Å². The van der Waals surface area contributed by atoms with Gasteiger partial charge >= 0.3 is 0 Å². The minimum atomic E-state index is 0.435. The lowest BCUT2D eigenvalue weighted by Gasteiger charge is -2.29. The van der Waals surface area contributed by atoms with Crippen LogP contribution in [0.1, 0.15) is 23.6 Å². The van der Waals surface area contributed by atoms with Crippen LogP contribution in [0.4, 0.5) is 0 Å². The molecule has 1 heterocycles. The Morgan fingerprint density at radius 1 is 0.741 bits per heavy atom. The largest absolute Gasteiger partial charge is 0.361 e. The van der Waals surface area contributed by atoms with Gasteiger partial charge in [0.2, 0.25) is 0 Å². The van der Waals surface area contributed by atoms with Crippen molar-refractivity contribution >= 4 is 10.9 Å². The van der Waals surface area contributed by atoms with E-state index >= 15 is 0 Å². The first-order chi connectivity index (χ1) is 13.3.